The number of aliphatic hydroxyl groups is 1. The summed E-state index contributed by atoms with van der Waals surface area (Å²) in [5.74, 6) is -2.39. The number of aromatic nitrogens is 1. The number of anilines is 1. The molecule has 236 valence electrons. The molecule has 10 nitrogen and oxygen atoms in total. The fourth-order valence-electron chi connectivity index (χ4n) is 5.07. The number of carbonyl (C=O) groups is 3. The van der Waals surface area contributed by atoms with Gasteiger partial charge in [-0.15, -0.1) is 0 Å². The number of thiazole rings is 1. The van der Waals surface area contributed by atoms with Gasteiger partial charge in [0, 0.05) is 5.56 Å². The number of phenols is 1. The van der Waals surface area contributed by atoms with Crippen molar-refractivity contribution in [1.82, 2.24) is 4.98 Å². The van der Waals surface area contributed by atoms with Crippen LogP contribution in [0.3, 0.4) is 0 Å². The first-order valence-electron chi connectivity index (χ1n) is 14.4. The number of aliphatic hydroxyl groups excluding tert-OH is 1. The molecule has 1 aromatic heterocycles. The predicted molar refractivity (Wildman–Crippen MR) is 173 cm³/mol. The van der Waals surface area contributed by atoms with Crippen molar-refractivity contribution in [1.29, 1.82) is 0 Å². The Balaban J connectivity index is 1.60. The molecule has 2 heterocycles. The Labute approximate surface area is 269 Å². The lowest BCUT2D eigenvalue weighted by Crippen LogP contribution is -2.29. The van der Waals surface area contributed by atoms with Crippen molar-refractivity contribution in [3.8, 4) is 17.2 Å². The summed E-state index contributed by atoms with van der Waals surface area (Å²) in [5.41, 5.74) is 2.39. The standard InChI is InChI=1S/C35H32N2O8S/c1-5-16-44-34(42)32-21(4)36-35(46-32)37-29(23-12-15-26(38)27(18-23)43-6-2)28(31(40)33(37)41)30(39)25-14-13-24(17-20(25)3)45-19-22-10-8-7-9-11-22/h5,7-15,17-18,29,38-39H,1,6,16,19H2,2-4H3/b30-28-. The second-order valence-corrected chi connectivity index (χ2v) is 11.4. The molecule has 1 aliphatic rings. The molecule has 0 saturated carbocycles. The van der Waals surface area contributed by atoms with Gasteiger partial charge in [-0.25, -0.2) is 9.78 Å². The van der Waals surface area contributed by atoms with Crippen molar-refractivity contribution < 1.29 is 38.8 Å². The Morgan fingerprint density at radius 2 is 1.83 bits per heavy atom. The number of aromatic hydroxyl groups is 1. The third-order valence-electron chi connectivity index (χ3n) is 7.25. The van der Waals surface area contributed by atoms with E-state index < -0.39 is 29.5 Å². The van der Waals surface area contributed by atoms with Crippen LogP contribution >= 0.6 is 11.3 Å². The topological polar surface area (TPSA) is 135 Å². The SMILES string of the molecule is C=CCOC(=O)c1sc(N2C(=O)C(=O)/C(=C(\O)c3ccc(OCc4ccccc4)cc3C)C2c2ccc(O)c(OCC)c2)nc1C. The molecule has 0 spiro atoms. The second kappa shape index (κ2) is 13.7. The van der Waals surface area contributed by atoms with Gasteiger partial charge >= 0.3 is 11.9 Å². The minimum absolute atomic E-state index is 0.0147. The Kier molecular flexibility index (Phi) is 9.53. The molecule has 0 radical (unpaired) electrons. The maximum atomic E-state index is 13.7. The second-order valence-electron chi connectivity index (χ2n) is 10.4. The van der Waals surface area contributed by atoms with Crippen LogP contribution in [0.5, 0.6) is 17.2 Å². The van der Waals surface area contributed by atoms with E-state index in [1.165, 1.54) is 24.3 Å². The average Bonchev–Trinajstić information content (AvgIpc) is 3.56. The molecule has 1 fully saturated rings. The summed E-state index contributed by atoms with van der Waals surface area (Å²) >= 11 is 0.887. The van der Waals surface area contributed by atoms with E-state index in [1.807, 2.05) is 30.3 Å². The first kappa shape index (κ1) is 32.0. The molecule has 3 aromatic carbocycles. The predicted octanol–water partition coefficient (Wildman–Crippen LogP) is 6.41. The number of rotatable bonds is 11. The maximum absolute atomic E-state index is 13.7. The molecule has 1 atom stereocenters. The van der Waals surface area contributed by atoms with Crippen LogP contribution in [-0.2, 0) is 20.9 Å². The number of aryl methyl sites for hydroxylation is 2. The number of hydrogen-bond acceptors (Lipinski definition) is 10. The lowest BCUT2D eigenvalue weighted by atomic mass is 9.93. The number of ether oxygens (including phenoxy) is 3. The van der Waals surface area contributed by atoms with Gasteiger partial charge in [0.1, 0.15) is 29.6 Å². The van der Waals surface area contributed by atoms with Crippen molar-refractivity contribution in [3.63, 3.8) is 0 Å². The van der Waals surface area contributed by atoms with Gasteiger partial charge in [0.05, 0.1) is 23.9 Å². The first-order valence-corrected chi connectivity index (χ1v) is 15.3. The third kappa shape index (κ3) is 6.36. The van der Waals surface area contributed by atoms with Gasteiger partial charge in [-0.1, -0.05) is 60.4 Å². The zero-order chi connectivity index (χ0) is 33.0. The van der Waals surface area contributed by atoms with Crippen LogP contribution in [0.1, 0.15) is 50.6 Å². The van der Waals surface area contributed by atoms with E-state index in [2.05, 4.69) is 11.6 Å². The number of ketones is 1. The van der Waals surface area contributed by atoms with E-state index in [9.17, 15) is 24.6 Å². The van der Waals surface area contributed by atoms with Crippen LogP contribution in [0.4, 0.5) is 5.13 Å². The van der Waals surface area contributed by atoms with Gasteiger partial charge in [-0.3, -0.25) is 14.5 Å². The number of phenolic OH excluding ortho intramolecular Hbond substituents is 1. The van der Waals surface area contributed by atoms with Crippen LogP contribution in [0, 0.1) is 13.8 Å². The van der Waals surface area contributed by atoms with Crippen molar-refractivity contribution >= 4 is 39.9 Å². The van der Waals surface area contributed by atoms with Gasteiger partial charge in [0.15, 0.2) is 16.6 Å². The fourth-order valence-corrected chi connectivity index (χ4v) is 6.06. The van der Waals surface area contributed by atoms with E-state index in [0.29, 0.717) is 34.7 Å². The van der Waals surface area contributed by atoms with Gasteiger partial charge in [-0.2, -0.15) is 0 Å². The molecular weight excluding hydrogens is 608 g/mol. The quantitative estimate of drug-likeness (QED) is 0.0627. The normalized spacial score (nSPS) is 15.5. The van der Waals surface area contributed by atoms with E-state index in [1.54, 1.807) is 39.0 Å². The molecule has 1 amide bonds. The summed E-state index contributed by atoms with van der Waals surface area (Å²) in [4.78, 5) is 45.9. The van der Waals surface area contributed by atoms with Crippen LogP contribution in [0.15, 0.2) is 85.0 Å². The number of nitrogens with zero attached hydrogens (tertiary/aromatic N) is 2. The van der Waals surface area contributed by atoms with Crippen LogP contribution < -0.4 is 14.4 Å². The highest BCUT2D eigenvalue weighted by atomic mass is 32.1. The Morgan fingerprint density at radius 1 is 1.07 bits per heavy atom. The number of esters is 1. The zero-order valence-electron chi connectivity index (χ0n) is 25.5. The van der Waals surface area contributed by atoms with E-state index in [4.69, 9.17) is 14.2 Å². The lowest BCUT2D eigenvalue weighted by Gasteiger charge is -2.24. The molecule has 4 aromatic rings. The number of carbonyl (C=O) groups excluding carboxylic acids is 3. The average molecular weight is 641 g/mol. The van der Waals surface area contributed by atoms with Crippen LogP contribution in [-0.4, -0.2) is 46.1 Å². The summed E-state index contributed by atoms with van der Waals surface area (Å²) in [5, 5.41) is 22.2. The molecular formula is C35H32N2O8S. The summed E-state index contributed by atoms with van der Waals surface area (Å²) in [6, 6.07) is 17.9. The Morgan fingerprint density at radius 3 is 2.52 bits per heavy atom. The van der Waals surface area contributed by atoms with E-state index in [0.717, 1.165) is 21.8 Å². The zero-order valence-corrected chi connectivity index (χ0v) is 26.3. The summed E-state index contributed by atoms with van der Waals surface area (Å²) in [6.07, 6.45) is 1.43. The minimum Gasteiger partial charge on any atom is -0.507 e. The molecule has 1 saturated heterocycles. The highest BCUT2D eigenvalue weighted by Crippen LogP contribution is 2.46. The number of hydrogen-bond donors (Lipinski definition) is 2. The van der Waals surface area contributed by atoms with Crippen molar-refractivity contribution in [2.75, 3.05) is 18.1 Å². The van der Waals surface area contributed by atoms with Gasteiger partial charge in [-0.05, 0) is 67.8 Å². The minimum atomic E-state index is -1.17. The number of amides is 1. The highest BCUT2D eigenvalue weighted by molar-refractivity contribution is 7.17. The fraction of sp³-hybridized carbons (Fsp3) is 0.200. The molecule has 1 aliphatic heterocycles. The lowest BCUT2D eigenvalue weighted by molar-refractivity contribution is -0.132. The smallest absolute Gasteiger partial charge is 0.350 e. The van der Waals surface area contributed by atoms with Crippen LogP contribution in [0.2, 0.25) is 0 Å². The number of benzene rings is 3. The molecule has 11 heteroatoms. The van der Waals surface area contributed by atoms with Gasteiger partial charge in [0.25, 0.3) is 5.78 Å². The summed E-state index contributed by atoms with van der Waals surface area (Å²) in [7, 11) is 0. The van der Waals surface area contributed by atoms with Crippen molar-refractivity contribution in [2.24, 2.45) is 0 Å². The van der Waals surface area contributed by atoms with E-state index in [-0.39, 0.29) is 40.3 Å². The van der Waals surface area contributed by atoms with E-state index >= 15 is 0 Å². The monoisotopic (exact) mass is 640 g/mol. The third-order valence-corrected chi connectivity index (χ3v) is 8.39. The molecule has 2 N–H and O–H groups in total. The summed E-state index contributed by atoms with van der Waals surface area (Å²) in [6.45, 7) is 9.22. The molecule has 1 unspecified atom stereocenters. The largest absolute Gasteiger partial charge is 0.507 e. The molecule has 0 bridgehead atoms. The van der Waals surface area contributed by atoms with Gasteiger partial charge in [0.2, 0.25) is 0 Å². The maximum Gasteiger partial charge on any atom is 0.350 e. The Hall–Kier alpha value is -5.42. The van der Waals surface area contributed by atoms with Crippen molar-refractivity contribution in [2.45, 2.75) is 33.4 Å². The molecule has 0 aliphatic carbocycles. The highest BCUT2D eigenvalue weighted by Gasteiger charge is 2.48. The molecule has 46 heavy (non-hydrogen) atoms. The van der Waals surface area contributed by atoms with Crippen molar-refractivity contribution in [3.05, 3.63) is 118 Å². The van der Waals surface area contributed by atoms with Gasteiger partial charge < -0.3 is 24.4 Å². The first-order chi connectivity index (χ1) is 22.1. The Bertz CT molecular complexity index is 1850. The number of Topliss-reactive ketones (excluding diaryl/α,β-unsaturated/α-hetero) is 1. The van der Waals surface area contributed by atoms with Crippen LogP contribution in [0.25, 0.3) is 5.76 Å². The molecule has 5 rings (SSSR count). The summed E-state index contributed by atoms with van der Waals surface area (Å²) < 4.78 is 16.7.